The van der Waals surface area contributed by atoms with Crippen LogP contribution >= 0.6 is 11.6 Å². The normalized spacial score (nSPS) is 25.3. The minimum Gasteiger partial charge on any atom is -0.379 e. The SMILES string of the molecule is CCN(CC)c1ccc(C(=O)Cn2ncc(N[C@@H]3C[C@H]4C[C@@H]([C@H]3C)C4(C)C)c(Cl)c2=O)cc1. The predicted octanol–water partition coefficient (Wildman–Crippen LogP) is 5.11. The number of hydrogen-bond donors (Lipinski definition) is 1. The van der Waals surface area contributed by atoms with Crippen LogP contribution in [-0.2, 0) is 6.54 Å². The lowest BCUT2D eigenvalue weighted by Crippen LogP contribution is -2.58. The van der Waals surface area contributed by atoms with E-state index in [1.807, 2.05) is 12.1 Å². The lowest BCUT2D eigenvalue weighted by atomic mass is 9.45. The molecule has 5 rings (SSSR count). The van der Waals surface area contributed by atoms with E-state index < -0.39 is 5.56 Å². The van der Waals surface area contributed by atoms with Gasteiger partial charge in [0.2, 0.25) is 0 Å². The van der Waals surface area contributed by atoms with Gasteiger partial charge >= 0.3 is 0 Å². The largest absolute Gasteiger partial charge is 0.379 e. The number of rotatable bonds is 8. The van der Waals surface area contributed by atoms with Gasteiger partial charge in [0.05, 0.1) is 11.9 Å². The fourth-order valence-electron chi connectivity index (χ4n) is 5.89. The molecule has 3 aliphatic carbocycles. The second-order valence-corrected chi connectivity index (χ2v) is 10.6. The van der Waals surface area contributed by atoms with Crippen LogP contribution in [0.2, 0.25) is 5.02 Å². The van der Waals surface area contributed by atoms with Gasteiger partial charge in [0.15, 0.2) is 5.78 Å². The van der Waals surface area contributed by atoms with Crippen LogP contribution in [-0.4, -0.2) is 34.7 Å². The number of carbonyl (C=O) groups is 1. The first-order valence-electron chi connectivity index (χ1n) is 12.1. The van der Waals surface area contributed by atoms with Crippen LogP contribution in [0.5, 0.6) is 0 Å². The molecule has 1 N–H and O–H groups in total. The van der Waals surface area contributed by atoms with Crippen LogP contribution in [0.1, 0.15) is 57.8 Å². The summed E-state index contributed by atoms with van der Waals surface area (Å²) in [6.07, 6.45) is 3.95. The van der Waals surface area contributed by atoms with E-state index >= 15 is 0 Å². The van der Waals surface area contributed by atoms with Crippen molar-refractivity contribution < 1.29 is 4.79 Å². The molecule has 0 unspecified atom stereocenters. The average Bonchev–Trinajstić information content (AvgIpc) is 2.80. The zero-order chi connectivity index (χ0) is 23.9. The summed E-state index contributed by atoms with van der Waals surface area (Å²) in [4.78, 5) is 27.8. The summed E-state index contributed by atoms with van der Waals surface area (Å²) < 4.78 is 1.15. The highest BCUT2D eigenvalue weighted by molar-refractivity contribution is 6.32. The first kappa shape index (κ1) is 23.8. The maximum atomic E-state index is 12.8. The molecule has 6 nitrogen and oxygen atoms in total. The van der Waals surface area contributed by atoms with Crippen LogP contribution in [0.15, 0.2) is 35.3 Å². The van der Waals surface area contributed by atoms with Crippen LogP contribution in [0.3, 0.4) is 0 Å². The molecule has 1 heterocycles. The minimum absolute atomic E-state index is 0.0976. The van der Waals surface area contributed by atoms with Crippen LogP contribution < -0.4 is 15.8 Å². The molecule has 0 amide bonds. The highest BCUT2D eigenvalue weighted by atomic mass is 35.5. The Morgan fingerprint density at radius 2 is 1.88 bits per heavy atom. The van der Waals surface area contributed by atoms with E-state index in [9.17, 15) is 9.59 Å². The van der Waals surface area contributed by atoms with Gasteiger partial charge in [-0.25, -0.2) is 4.68 Å². The second kappa shape index (κ2) is 9.13. The van der Waals surface area contributed by atoms with Crippen LogP contribution in [0, 0.1) is 23.2 Å². The average molecular weight is 471 g/mol. The molecule has 2 bridgehead atoms. The first-order chi connectivity index (χ1) is 15.7. The molecule has 33 heavy (non-hydrogen) atoms. The van der Waals surface area contributed by atoms with Gasteiger partial charge in [-0.2, -0.15) is 5.10 Å². The molecule has 0 radical (unpaired) electrons. The van der Waals surface area contributed by atoms with Gasteiger partial charge in [0.1, 0.15) is 11.6 Å². The van der Waals surface area contributed by atoms with Gasteiger partial charge in [0, 0.05) is 30.4 Å². The van der Waals surface area contributed by atoms with Crippen molar-refractivity contribution >= 4 is 28.8 Å². The molecule has 3 saturated carbocycles. The molecular formula is C26H35ClN4O2. The molecule has 4 atom stereocenters. The Morgan fingerprint density at radius 3 is 2.45 bits per heavy atom. The lowest BCUT2D eigenvalue weighted by Gasteiger charge is -2.62. The summed E-state index contributed by atoms with van der Waals surface area (Å²) in [5, 5.41) is 7.83. The second-order valence-electron chi connectivity index (χ2n) is 10.2. The fourth-order valence-corrected chi connectivity index (χ4v) is 6.09. The Kier molecular flexibility index (Phi) is 6.59. The van der Waals surface area contributed by atoms with E-state index in [0.717, 1.165) is 29.9 Å². The van der Waals surface area contributed by atoms with Crippen molar-refractivity contribution in [3.8, 4) is 0 Å². The number of ketones is 1. The monoisotopic (exact) mass is 470 g/mol. The first-order valence-corrected chi connectivity index (χ1v) is 12.5. The molecule has 1 aromatic carbocycles. The number of halogens is 1. The van der Waals surface area contributed by atoms with Gasteiger partial charge in [0.25, 0.3) is 5.56 Å². The van der Waals surface area contributed by atoms with Gasteiger partial charge in [-0.15, -0.1) is 0 Å². The number of aromatic nitrogens is 2. The zero-order valence-corrected chi connectivity index (χ0v) is 21.0. The zero-order valence-electron chi connectivity index (χ0n) is 20.3. The Balaban J connectivity index is 1.44. The Hall–Kier alpha value is -2.34. The quantitative estimate of drug-likeness (QED) is 0.543. The molecular weight excluding hydrogens is 436 g/mol. The molecule has 3 aliphatic rings. The van der Waals surface area contributed by atoms with E-state index in [1.165, 1.54) is 6.42 Å². The fraction of sp³-hybridized carbons (Fsp3) is 0.577. The van der Waals surface area contributed by atoms with Crippen molar-refractivity contribution in [3.05, 3.63) is 51.4 Å². The predicted molar refractivity (Wildman–Crippen MR) is 134 cm³/mol. The maximum absolute atomic E-state index is 12.8. The van der Waals surface area contributed by atoms with E-state index in [-0.39, 0.29) is 23.4 Å². The van der Waals surface area contributed by atoms with Crippen molar-refractivity contribution in [2.75, 3.05) is 23.3 Å². The third kappa shape index (κ3) is 4.30. The number of nitrogens with one attached hydrogen (secondary N) is 1. The third-order valence-corrected chi connectivity index (χ3v) is 8.66. The lowest BCUT2D eigenvalue weighted by molar-refractivity contribution is -0.105. The maximum Gasteiger partial charge on any atom is 0.288 e. The van der Waals surface area contributed by atoms with Crippen LogP contribution in [0.25, 0.3) is 0 Å². The molecule has 0 saturated heterocycles. The van der Waals surface area contributed by atoms with Gasteiger partial charge in [-0.3, -0.25) is 9.59 Å². The summed E-state index contributed by atoms with van der Waals surface area (Å²) >= 11 is 6.43. The molecule has 1 aromatic heterocycles. The Bertz CT molecular complexity index is 1070. The number of carbonyl (C=O) groups excluding carboxylic acids is 1. The molecule has 178 valence electrons. The number of fused-ring (bicyclic) bond motifs is 2. The van der Waals surface area contributed by atoms with E-state index in [1.54, 1.807) is 18.3 Å². The van der Waals surface area contributed by atoms with Crippen molar-refractivity contribution in [1.29, 1.82) is 0 Å². The van der Waals surface area contributed by atoms with Crippen LogP contribution in [0.4, 0.5) is 11.4 Å². The van der Waals surface area contributed by atoms with Crippen molar-refractivity contribution in [3.63, 3.8) is 0 Å². The van der Waals surface area contributed by atoms with E-state index in [4.69, 9.17) is 11.6 Å². The van der Waals surface area contributed by atoms with E-state index in [0.29, 0.717) is 34.4 Å². The molecule has 7 heteroatoms. The minimum atomic E-state index is -0.441. The number of benzene rings is 1. The number of Topliss-reactive ketones (excluding diaryl/α,β-unsaturated/α-hetero) is 1. The molecule has 0 aliphatic heterocycles. The standard InChI is InChI=1S/C26H35ClN4O2/c1-6-30(7-2)19-10-8-17(9-11-19)23(32)15-31-25(33)24(27)22(14-28-31)29-21-13-18-12-20(16(21)3)26(18,4)5/h8-11,14,16,18,20-21,29H,6-7,12-13,15H2,1-5H3/t16-,18-,20+,21-/m1/s1. The number of anilines is 2. The topological polar surface area (TPSA) is 67.2 Å². The summed E-state index contributed by atoms with van der Waals surface area (Å²) in [5.74, 6) is 1.72. The summed E-state index contributed by atoms with van der Waals surface area (Å²) in [5.41, 5.74) is 2.14. The number of nitrogens with zero attached hydrogens (tertiary/aromatic N) is 3. The van der Waals surface area contributed by atoms with Crippen molar-refractivity contribution in [2.45, 2.75) is 60.0 Å². The summed E-state index contributed by atoms with van der Waals surface area (Å²) in [6.45, 7) is 12.9. The Labute approximate surface area is 201 Å². The summed E-state index contributed by atoms with van der Waals surface area (Å²) in [7, 11) is 0. The van der Waals surface area contributed by atoms with Gasteiger partial charge in [-0.05, 0) is 74.1 Å². The van der Waals surface area contributed by atoms with Gasteiger partial charge in [-0.1, -0.05) is 32.4 Å². The summed E-state index contributed by atoms with van der Waals surface area (Å²) in [6, 6.07) is 7.76. The molecule has 0 spiro atoms. The highest BCUT2D eigenvalue weighted by Gasteiger charge is 2.56. The smallest absolute Gasteiger partial charge is 0.288 e. The molecule has 2 aromatic rings. The third-order valence-electron chi connectivity index (χ3n) is 8.29. The van der Waals surface area contributed by atoms with Crippen molar-refractivity contribution in [2.24, 2.45) is 23.2 Å². The molecule has 3 fully saturated rings. The van der Waals surface area contributed by atoms with E-state index in [2.05, 4.69) is 49.9 Å². The number of hydrogen-bond acceptors (Lipinski definition) is 5. The highest BCUT2D eigenvalue weighted by Crippen LogP contribution is 2.61. The van der Waals surface area contributed by atoms with Gasteiger partial charge < -0.3 is 10.2 Å². The Morgan fingerprint density at radius 1 is 1.21 bits per heavy atom. The van der Waals surface area contributed by atoms with Crippen molar-refractivity contribution in [1.82, 2.24) is 9.78 Å².